The van der Waals surface area contributed by atoms with Gasteiger partial charge in [0.25, 0.3) is 5.91 Å². The highest BCUT2D eigenvalue weighted by Gasteiger charge is 2.26. The van der Waals surface area contributed by atoms with Crippen LogP contribution in [0.25, 0.3) is 0 Å². The van der Waals surface area contributed by atoms with E-state index >= 15 is 0 Å². The Bertz CT molecular complexity index is 684. The largest absolute Gasteiger partial charge is 0.465 e. The number of nitrogens with zero attached hydrogens (tertiary/aromatic N) is 1. The molecule has 1 aliphatic rings. The van der Waals surface area contributed by atoms with Crippen molar-refractivity contribution in [1.82, 2.24) is 10.2 Å². The highest BCUT2D eigenvalue weighted by Crippen LogP contribution is 2.26. The maximum absolute atomic E-state index is 12.3. The zero-order valence-electron chi connectivity index (χ0n) is 14.2. The van der Waals surface area contributed by atoms with Gasteiger partial charge < -0.3 is 15.5 Å². The average Bonchev–Trinajstić information content (AvgIpc) is 3.20. The molecule has 0 spiro atoms. The summed E-state index contributed by atoms with van der Waals surface area (Å²) in [5.41, 5.74) is 6.92. The third kappa shape index (κ3) is 5.39. The maximum Gasteiger partial charge on any atom is 0.251 e. The number of hydrogen-bond acceptors (Lipinski definition) is 4. The molecule has 1 aromatic carbocycles. The number of furan rings is 1. The molecule has 3 N–H and O–H groups in total. The first-order valence-corrected chi connectivity index (χ1v) is 8.07. The van der Waals surface area contributed by atoms with Crippen LogP contribution in [0.1, 0.15) is 40.8 Å². The van der Waals surface area contributed by atoms with Crippen molar-refractivity contribution in [3.05, 3.63) is 53.5 Å². The van der Waals surface area contributed by atoms with Gasteiger partial charge in [0.2, 0.25) is 0 Å². The number of amides is 1. The van der Waals surface area contributed by atoms with Crippen molar-refractivity contribution in [2.45, 2.75) is 25.8 Å². The summed E-state index contributed by atoms with van der Waals surface area (Å²) in [6.07, 6.45) is 2.39. The van der Waals surface area contributed by atoms with Crippen molar-refractivity contribution < 1.29 is 9.21 Å². The summed E-state index contributed by atoms with van der Waals surface area (Å²) in [6, 6.07) is 11.1. The summed E-state index contributed by atoms with van der Waals surface area (Å²) in [4.78, 5) is 14.7. The highest BCUT2D eigenvalue weighted by molar-refractivity contribution is 5.95. The Morgan fingerprint density at radius 1 is 1.24 bits per heavy atom. The van der Waals surface area contributed by atoms with Gasteiger partial charge in [0.15, 0.2) is 0 Å². The smallest absolute Gasteiger partial charge is 0.251 e. The van der Waals surface area contributed by atoms with Gasteiger partial charge in [0.1, 0.15) is 11.5 Å². The van der Waals surface area contributed by atoms with E-state index in [4.69, 9.17) is 10.2 Å². The predicted molar refractivity (Wildman–Crippen MR) is 105 cm³/mol. The van der Waals surface area contributed by atoms with Gasteiger partial charge in [-0.25, -0.2) is 0 Å². The van der Waals surface area contributed by atoms with Crippen LogP contribution in [0.3, 0.4) is 0 Å². The predicted octanol–water partition coefficient (Wildman–Crippen LogP) is 3.58. The Hall–Kier alpha value is -1.69. The third-order valence-electron chi connectivity index (χ3n) is 4.28. The maximum atomic E-state index is 12.3. The molecule has 5 nitrogen and oxygen atoms in total. The van der Waals surface area contributed by atoms with E-state index in [9.17, 15) is 4.79 Å². The molecule has 0 radical (unpaired) electrons. The first-order chi connectivity index (χ1) is 11.1. The van der Waals surface area contributed by atoms with Crippen LogP contribution in [-0.4, -0.2) is 30.4 Å². The van der Waals surface area contributed by atoms with E-state index in [2.05, 4.69) is 10.2 Å². The molecule has 1 saturated heterocycles. The zero-order chi connectivity index (χ0) is 16.2. The van der Waals surface area contributed by atoms with Gasteiger partial charge >= 0.3 is 0 Å². The fraction of sp³-hybridized carbons (Fsp3) is 0.389. The number of halogens is 2. The average molecular weight is 386 g/mol. The summed E-state index contributed by atoms with van der Waals surface area (Å²) in [5, 5.41) is 3.01. The molecule has 0 saturated carbocycles. The van der Waals surface area contributed by atoms with Crippen LogP contribution in [0.2, 0.25) is 0 Å². The van der Waals surface area contributed by atoms with E-state index in [1.54, 1.807) is 24.3 Å². The molecule has 7 heteroatoms. The molecule has 3 rings (SSSR count). The molecule has 1 aliphatic heterocycles. The number of hydrogen-bond donors (Lipinski definition) is 2. The van der Waals surface area contributed by atoms with E-state index in [0.717, 1.165) is 24.6 Å². The van der Waals surface area contributed by atoms with Crippen LogP contribution in [0.4, 0.5) is 5.69 Å². The fourth-order valence-electron chi connectivity index (χ4n) is 3.07. The number of carbonyl (C=O) groups is 1. The first kappa shape index (κ1) is 21.4. The Balaban J connectivity index is 0.00000156. The molecule has 1 unspecified atom stereocenters. The SMILES string of the molecule is Cc1ccc(C(CNC(=O)c2cccc(N)c2)N2CCCC2)o1.Cl.Cl. The molecule has 1 atom stereocenters. The minimum absolute atomic E-state index is 0. The molecule has 138 valence electrons. The van der Waals surface area contributed by atoms with Gasteiger partial charge in [-0.05, 0) is 63.2 Å². The second kappa shape index (κ2) is 9.70. The standard InChI is InChI=1S/C18H23N3O2.2ClH/c1-13-7-8-17(23-13)16(21-9-2-3-10-21)12-20-18(22)14-5-4-6-15(19)11-14;;/h4-8,11,16H,2-3,9-10,12,19H2,1H3,(H,20,22);2*1H. The summed E-state index contributed by atoms with van der Waals surface area (Å²) >= 11 is 0. The molecule has 1 amide bonds. The molecule has 1 fully saturated rings. The summed E-state index contributed by atoms with van der Waals surface area (Å²) in [7, 11) is 0. The Kier molecular flexibility index (Phi) is 8.29. The molecule has 25 heavy (non-hydrogen) atoms. The zero-order valence-corrected chi connectivity index (χ0v) is 15.9. The van der Waals surface area contributed by atoms with Crippen LogP contribution in [0, 0.1) is 6.92 Å². The van der Waals surface area contributed by atoms with Crippen LogP contribution in [0.5, 0.6) is 0 Å². The van der Waals surface area contributed by atoms with Crippen molar-refractivity contribution in [3.8, 4) is 0 Å². The topological polar surface area (TPSA) is 71.5 Å². The number of nitrogens with one attached hydrogen (secondary N) is 1. The lowest BCUT2D eigenvalue weighted by Crippen LogP contribution is -2.36. The minimum Gasteiger partial charge on any atom is -0.465 e. The molecular formula is C18H25Cl2N3O2. The third-order valence-corrected chi connectivity index (χ3v) is 4.28. The van der Waals surface area contributed by atoms with Crippen molar-refractivity contribution in [2.24, 2.45) is 0 Å². The van der Waals surface area contributed by atoms with Gasteiger partial charge in [-0.1, -0.05) is 6.07 Å². The van der Waals surface area contributed by atoms with Crippen LogP contribution >= 0.6 is 24.8 Å². The lowest BCUT2D eigenvalue weighted by Gasteiger charge is -2.26. The molecule has 1 aromatic heterocycles. The molecule has 2 aromatic rings. The van der Waals surface area contributed by atoms with Crippen molar-refractivity contribution in [3.63, 3.8) is 0 Å². The lowest BCUT2D eigenvalue weighted by atomic mass is 10.1. The first-order valence-electron chi connectivity index (χ1n) is 8.07. The van der Waals surface area contributed by atoms with E-state index in [0.29, 0.717) is 17.8 Å². The number of nitrogen functional groups attached to an aromatic ring is 1. The van der Waals surface area contributed by atoms with Gasteiger partial charge in [-0.3, -0.25) is 9.69 Å². The number of benzene rings is 1. The minimum atomic E-state index is -0.107. The number of likely N-dealkylation sites (tertiary alicyclic amines) is 1. The fourth-order valence-corrected chi connectivity index (χ4v) is 3.07. The molecule has 2 heterocycles. The van der Waals surface area contributed by atoms with Gasteiger partial charge in [0.05, 0.1) is 6.04 Å². The summed E-state index contributed by atoms with van der Waals surface area (Å²) in [6.45, 7) is 4.55. The van der Waals surface area contributed by atoms with E-state index in [1.807, 2.05) is 19.1 Å². The van der Waals surface area contributed by atoms with E-state index in [1.165, 1.54) is 12.8 Å². The Morgan fingerprint density at radius 3 is 2.56 bits per heavy atom. The number of anilines is 1. The molecule has 0 bridgehead atoms. The monoisotopic (exact) mass is 385 g/mol. The van der Waals surface area contributed by atoms with E-state index < -0.39 is 0 Å². The van der Waals surface area contributed by atoms with E-state index in [-0.39, 0.29) is 36.8 Å². The quantitative estimate of drug-likeness (QED) is 0.771. The molecule has 0 aliphatic carbocycles. The Labute approximate surface area is 160 Å². The number of aryl methyl sites for hydroxylation is 1. The van der Waals surface area contributed by atoms with Crippen LogP contribution < -0.4 is 11.1 Å². The lowest BCUT2D eigenvalue weighted by molar-refractivity contribution is 0.0933. The second-order valence-electron chi connectivity index (χ2n) is 6.04. The summed E-state index contributed by atoms with van der Waals surface area (Å²) < 4.78 is 5.80. The second-order valence-corrected chi connectivity index (χ2v) is 6.04. The van der Waals surface area contributed by atoms with Crippen molar-refractivity contribution >= 4 is 36.4 Å². The van der Waals surface area contributed by atoms with Gasteiger partial charge in [-0.15, -0.1) is 24.8 Å². The summed E-state index contributed by atoms with van der Waals surface area (Å²) in [5.74, 6) is 1.70. The highest BCUT2D eigenvalue weighted by atomic mass is 35.5. The number of rotatable bonds is 5. The van der Waals surface area contributed by atoms with Gasteiger partial charge in [-0.2, -0.15) is 0 Å². The van der Waals surface area contributed by atoms with Crippen molar-refractivity contribution in [2.75, 3.05) is 25.4 Å². The van der Waals surface area contributed by atoms with Gasteiger partial charge in [0, 0.05) is 17.8 Å². The normalized spacial score (nSPS) is 15.1. The number of carbonyl (C=O) groups excluding carboxylic acids is 1. The van der Waals surface area contributed by atoms with Crippen LogP contribution in [-0.2, 0) is 0 Å². The van der Waals surface area contributed by atoms with Crippen molar-refractivity contribution in [1.29, 1.82) is 0 Å². The number of nitrogens with two attached hydrogens (primary N) is 1. The van der Waals surface area contributed by atoms with Crippen LogP contribution in [0.15, 0.2) is 40.8 Å². The molecular weight excluding hydrogens is 361 g/mol. The Morgan fingerprint density at radius 2 is 1.96 bits per heavy atom.